The lowest BCUT2D eigenvalue weighted by molar-refractivity contribution is 0.0952. The second-order valence-corrected chi connectivity index (χ2v) is 4.42. The predicted molar refractivity (Wildman–Crippen MR) is 71.8 cm³/mol. The third-order valence-corrected chi connectivity index (χ3v) is 3.09. The van der Waals surface area contributed by atoms with E-state index in [2.05, 4.69) is 16.0 Å². The summed E-state index contributed by atoms with van der Waals surface area (Å²) in [5.41, 5.74) is 7.95. The van der Waals surface area contributed by atoms with Crippen LogP contribution < -0.4 is 21.7 Å². The van der Waals surface area contributed by atoms with Gasteiger partial charge in [-0.25, -0.2) is 4.79 Å². The molecule has 5 N–H and O–H groups in total. The predicted octanol–water partition coefficient (Wildman–Crippen LogP) is -0.270. The summed E-state index contributed by atoms with van der Waals surface area (Å²) in [6, 6.07) is 5.17. The van der Waals surface area contributed by atoms with Gasteiger partial charge in [-0.1, -0.05) is 12.1 Å². The quantitative estimate of drug-likeness (QED) is 0.562. The summed E-state index contributed by atoms with van der Waals surface area (Å²) in [5.74, 6) is -0.106. The van der Waals surface area contributed by atoms with E-state index in [4.69, 9.17) is 5.73 Å². The van der Waals surface area contributed by atoms with E-state index in [-0.39, 0.29) is 5.91 Å². The molecular weight excluding hydrogens is 244 g/mol. The van der Waals surface area contributed by atoms with Crippen LogP contribution in [0.2, 0.25) is 0 Å². The minimum atomic E-state index is -0.586. The van der Waals surface area contributed by atoms with Crippen molar-refractivity contribution in [2.75, 3.05) is 19.6 Å². The molecule has 0 fully saturated rings. The number of hydrogen-bond acceptors (Lipinski definition) is 3. The van der Waals surface area contributed by atoms with Crippen LogP contribution in [-0.4, -0.2) is 31.6 Å². The zero-order chi connectivity index (χ0) is 13.7. The van der Waals surface area contributed by atoms with Gasteiger partial charge in [-0.05, 0) is 30.2 Å². The molecule has 0 bridgehead atoms. The maximum absolute atomic E-state index is 12.1. The van der Waals surface area contributed by atoms with Crippen LogP contribution in [0.25, 0.3) is 0 Å². The molecule has 1 aliphatic rings. The Kier molecular flexibility index (Phi) is 4.35. The third kappa shape index (κ3) is 3.45. The number of primary amides is 1. The fourth-order valence-electron chi connectivity index (χ4n) is 2.20. The first-order chi connectivity index (χ1) is 9.18. The Morgan fingerprint density at radius 3 is 2.84 bits per heavy atom. The molecule has 0 atom stereocenters. The Morgan fingerprint density at radius 2 is 2.05 bits per heavy atom. The first kappa shape index (κ1) is 13.4. The Morgan fingerprint density at radius 1 is 1.26 bits per heavy atom. The molecule has 1 aromatic carbocycles. The molecule has 0 saturated carbocycles. The highest BCUT2D eigenvalue weighted by Crippen LogP contribution is 2.18. The van der Waals surface area contributed by atoms with Crippen LogP contribution in [0.4, 0.5) is 4.79 Å². The minimum Gasteiger partial charge on any atom is -0.352 e. The first-order valence-corrected chi connectivity index (χ1v) is 6.31. The van der Waals surface area contributed by atoms with Crippen molar-refractivity contribution in [3.63, 3.8) is 0 Å². The Labute approximate surface area is 111 Å². The van der Waals surface area contributed by atoms with Gasteiger partial charge in [0.15, 0.2) is 0 Å². The fourth-order valence-corrected chi connectivity index (χ4v) is 2.20. The molecule has 1 heterocycles. The highest BCUT2D eigenvalue weighted by molar-refractivity contribution is 5.96. The number of amides is 3. The average molecular weight is 262 g/mol. The summed E-state index contributed by atoms with van der Waals surface area (Å²) < 4.78 is 0. The van der Waals surface area contributed by atoms with Gasteiger partial charge in [0.25, 0.3) is 5.91 Å². The lowest BCUT2D eigenvalue weighted by atomic mass is 9.95. The average Bonchev–Trinajstić information content (AvgIpc) is 2.42. The number of carbonyl (C=O) groups is 2. The molecule has 0 saturated heterocycles. The molecular formula is C13H18N4O2. The summed E-state index contributed by atoms with van der Waals surface area (Å²) in [4.78, 5) is 22.6. The van der Waals surface area contributed by atoms with Gasteiger partial charge in [-0.3, -0.25) is 4.79 Å². The number of hydrogen-bond donors (Lipinski definition) is 4. The number of rotatable bonds is 4. The minimum absolute atomic E-state index is 0.106. The number of nitrogens with two attached hydrogens (primary N) is 1. The van der Waals surface area contributed by atoms with Crippen molar-refractivity contribution in [2.24, 2.45) is 5.73 Å². The van der Waals surface area contributed by atoms with Gasteiger partial charge in [-0.15, -0.1) is 0 Å². The number of benzene rings is 1. The van der Waals surface area contributed by atoms with Crippen molar-refractivity contribution >= 4 is 11.9 Å². The van der Waals surface area contributed by atoms with Crippen LogP contribution in [0.3, 0.4) is 0 Å². The summed E-state index contributed by atoms with van der Waals surface area (Å²) in [5, 5.41) is 8.48. The molecule has 3 amide bonds. The van der Waals surface area contributed by atoms with Crippen molar-refractivity contribution in [2.45, 2.75) is 13.0 Å². The van der Waals surface area contributed by atoms with Crippen LogP contribution >= 0.6 is 0 Å². The van der Waals surface area contributed by atoms with Crippen molar-refractivity contribution in [1.82, 2.24) is 16.0 Å². The molecule has 0 spiro atoms. The standard InChI is InChI=1S/C13H18N4O2/c14-13(19)17-7-6-16-12(18)11-3-1-2-9-8-15-5-4-10(9)11/h1-3,15H,4-8H2,(H,16,18)(H3,14,17,19). The molecule has 102 valence electrons. The highest BCUT2D eigenvalue weighted by Gasteiger charge is 2.16. The summed E-state index contributed by atoms with van der Waals surface area (Å²) >= 11 is 0. The van der Waals surface area contributed by atoms with E-state index in [1.807, 2.05) is 18.2 Å². The highest BCUT2D eigenvalue weighted by atomic mass is 16.2. The summed E-state index contributed by atoms with van der Waals surface area (Å²) in [7, 11) is 0. The van der Waals surface area contributed by atoms with Crippen molar-refractivity contribution in [1.29, 1.82) is 0 Å². The number of carbonyl (C=O) groups excluding carboxylic acids is 2. The van der Waals surface area contributed by atoms with Gasteiger partial charge in [-0.2, -0.15) is 0 Å². The van der Waals surface area contributed by atoms with Crippen LogP contribution in [0.15, 0.2) is 18.2 Å². The monoisotopic (exact) mass is 262 g/mol. The summed E-state index contributed by atoms with van der Waals surface area (Å²) in [6.45, 7) is 2.39. The maximum Gasteiger partial charge on any atom is 0.312 e. The van der Waals surface area contributed by atoms with Crippen LogP contribution in [0.1, 0.15) is 21.5 Å². The van der Waals surface area contributed by atoms with E-state index >= 15 is 0 Å². The molecule has 1 aliphatic heterocycles. The lowest BCUT2D eigenvalue weighted by Gasteiger charge is -2.19. The summed E-state index contributed by atoms with van der Waals surface area (Å²) in [6.07, 6.45) is 0.860. The molecule has 6 nitrogen and oxygen atoms in total. The Hall–Kier alpha value is -2.08. The second-order valence-electron chi connectivity index (χ2n) is 4.42. The first-order valence-electron chi connectivity index (χ1n) is 6.31. The molecule has 19 heavy (non-hydrogen) atoms. The van der Waals surface area contributed by atoms with Gasteiger partial charge >= 0.3 is 6.03 Å². The zero-order valence-corrected chi connectivity index (χ0v) is 10.7. The molecule has 0 aliphatic carbocycles. The maximum atomic E-state index is 12.1. The molecule has 6 heteroatoms. The van der Waals surface area contributed by atoms with Gasteiger partial charge in [0.1, 0.15) is 0 Å². The lowest BCUT2D eigenvalue weighted by Crippen LogP contribution is -2.37. The van der Waals surface area contributed by atoms with E-state index in [9.17, 15) is 9.59 Å². The van der Waals surface area contributed by atoms with E-state index in [0.717, 1.165) is 30.6 Å². The number of nitrogens with one attached hydrogen (secondary N) is 3. The fraction of sp³-hybridized carbons (Fsp3) is 0.385. The van der Waals surface area contributed by atoms with Crippen LogP contribution in [-0.2, 0) is 13.0 Å². The smallest absolute Gasteiger partial charge is 0.312 e. The molecule has 0 aromatic heterocycles. The largest absolute Gasteiger partial charge is 0.352 e. The van der Waals surface area contributed by atoms with Crippen molar-refractivity contribution in [3.05, 3.63) is 34.9 Å². The SMILES string of the molecule is NC(=O)NCCNC(=O)c1cccc2c1CCNC2. The topological polar surface area (TPSA) is 96.2 Å². The van der Waals surface area contributed by atoms with E-state index in [0.29, 0.717) is 13.1 Å². The third-order valence-electron chi connectivity index (χ3n) is 3.09. The normalized spacial score (nSPS) is 13.5. The molecule has 1 aromatic rings. The van der Waals surface area contributed by atoms with Crippen molar-refractivity contribution in [3.8, 4) is 0 Å². The molecule has 2 rings (SSSR count). The van der Waals surface area contributed by atoms with E-state index < -0.39 is 6.03 Å². The van der Waals surface area contributed by atoms with Crippen molar-refractivity contribution < 1.29 is 9.59 Å². The van der Waals surface area contributed by atoms with Gasteiger partial charge < -0.3 is 21.7 Å². The van der Waals surface area contributed by atoms with Crippen LogP contribution in [0.5, 0.6) is 0 Å². The Balaban J connectivity index is 1.97. The van der Waals surface area contributed by atoms with E-state index in [1.165, 1.54) is 5.56 Å². The zero-order valence-electron chi connectivity index (χ0n) is 10.7. The number of urea groups is 1. The molecule has 0 radical (unpaired) electrons. The van der Waals surface area contributed by atoms with Crippen LogP contribution in [0, 0.1) is 0 Å². The molecule has 0 unspecified atom stereocenters. The van der Waals surface area contributed by atoms with Gasteiger partial charge in [0, 0.05) is 25.2 Å². The van der Waals surface area contributed by atoms with Gasteiger partial charge in [0.2, 0.25) is 0 Å². The van der Waals surface area contributed by atoms with E-state index in [1.54, 1.807) is 0 Å². The Bertz CT molecular complexity index is 488. The van der Waals surface area contributed by atoms with Gasteiger partial charge in [0.05, 0.1) is 0 Å². The second kappa shape index (κ2) is 6.19. The number of fused-ring (bicyclic) bond motifs is 1.